The zero-order valence-electron chi connectivity index (χ0n) is 22.5. The molecular formula is C30H48O5. The monoisotopic (exact) mass is 488 g/mol. The largest absolute Gasteiger partial charge is 0.493 e. The van der Waals surface area contributed by atoms with E-state index in [1.807, 2.05) is 12.1 Å². The van der Waals surface area contributed by atoms with E-state index in [4.69, 9.17) is 18.6 Å². The SMILES string of the molecule is CCCCCCCCCCOc1c(OCCCCCCCCCC)c2cccc(OC)c2oc1=O. The Hall–Kier alpha value is -2.17. The average Bonchev–Trinajstić information content (AvgIpc) is 2.87. The summed E-state index contributed by atoms with van der Waals surface area (Å²) in [4.78, 5) is 12.8. The normalized spacial score (nSPS) is 11.2. The highest BCUT2D eigenvalue weighted by molar-refractivity contribution is 5.89. The lowest BCUT2D eigenvalue weighted by Gasteiger charge is -2.15. The molecule has 0 aliphatic carbocycles. The second-order valence-electron chi connectivity index (χ2n) is 9.53. The Bertz CT molecular complexity index is 873. The third-order valence-corrected chi connectivity index (χ3v) is 6.52. The van der Waals surface area contributed by atoms with Gasteiger partial charge in [0, 0.05) is 0 Å². The molecule has 5 nitrogen and oxygen atoms in total. The lowest BCUT2D eigenvalue weighted by atomic mass is 10.1. The molecule has 0 bridgehead atoms. The molecule has 0 unspecified atom stereocenters. The molecule has 35 heavy (non-hydrogen) atoms. The summed E-state index contributed by atoms with van der Waals surface area (Å²) in [7, 11) is 1.57. The molecule has 0 atom stereocenters. The average molecular weight is 489 g/mol. The summed E-state index contributed by atoms with van der Waals surface area (Å²) in [5.74, 6) is 1.19. The van der Waals surface area contributed by atoms with Gasteiger partial charge in [-0.25, -0.2) is 4.79 Å². The van der Waals surface area contributed by atoms with Crippen molar-refractivity contribution in [3.8, 4) is 17.2 Å². The van der Waals surface area contributed by atoms with Crippen LogP contribution in [-0.2, 0) is 0 Å². The van der Waals surface area contributed by atoms with Crippen LogP contribution >= 0.6 is 0 Å². The number of rotatable bonds is 21. The predicted octanol–water partition coefficient (Wildman–Crippen LogP) is 8.84. The summed E-state index contributed by atoms with van der Waals surface area (Å²) >= 11 is 0. The number of para-hydroxylation sites is 1. The van der Waals surface area contributed by atoms with Gasteiger partial charge in [-0.3, -0.25) is 0 Å². The summed E-state index contributed by atoms with van der Waals surface area (Å²) in [6.45, 7) is 5.53. The molecule has 0 fully saturated rings. The van der Waals surface area contributed by atoms with Crippen molar-refractivity contribution in [2.75, 3.05) is 20.3 Å². The van der Waals surface area contributed by atoms with E-state index in [2.05, 4.69) is 13.8 Å². The molecule has 1 heterocycles. The molecule has 0 aliphatic heterocycles. The van der Waals surface area contributed by atoms with Crippen LogP contribution in [-0.4, -0.2) is 20.3 Å². The Morgan fingerprint density at radius 2 is 1.14 bits per heavy atom. The first kappa shape index (κ1) is 29.1. The van der Waals surface area contributed by atoms with Crippen LogP contribution in [0.5, 0.6) is 17.2 Å². The first-order valence-corrected chi connectivity index (χ1v) is 14.1. The summed E-state index contributed by atoms with van der Waals surface area (Å²) in [6.07, 6.45) is 19.6. The fourth-order valence-corrected chi connectivity index (χ4v) is 4.40. The van der Waals surface area contributed by atoms with Gasteiger partial charge in [-0.05, 0) is 25.0 Å². The minimum atomic E-state index is -0.507. The van der Waals surface area contributed by atoms with Crippen LogP contribution in [0.1, 0.15) is 117 Å². The van der Waals surface area contributed by atoms with Gasteiger partial charge < -0.3 is 18.6 Å². The van der Waals surface area contributed by atoms with Gasteiger partial charge >= 0.3 is 5.63 Å². The van der Waals surface area contributed by atoms with Crippen molar-refractivity contribution in [3.05, 3.63) is 28.6 Å². The fourth-order valence-electron chi connectivity index (χ4n) is 4.40. The Morgan fingerprint density at radius 3 is 1.66 bits per heavy atom. The van der Waals surface area contributed by atoms with Gasteiger partial charge in [-0.1, -0.05) is 110 Å². The van der Waals surface area contributed by atoms with E-state index in [0.717, 1.165) is 31.1 Å². The molecule has 0 radical (unpaired) electrons. The molecule has 0 amide bonds. The maximum atomic E-state index is 12.8. The summed E-state index contributed by atoms with van der Waals surface area (Å²) in [5.41, 5.74) is -0.0992. The molecule has 5 heteroatoms. The van der Waals surface area contributed by atoms with E-state index in [0.29, 0.717) is 30.3 Å². The van der Waals surface area contributed by atoms with E-state index >= 15 is 0 Å². The second-order valence-corrected chi connectivity index (χ2v) is 9.53. The van der Waals surface area contributed by atoms with E-state index < -0.39 is 5.63 Å². The fraction of sp³-hybridized carbons (Fsp3) is 0.700. The molecule has 2 rings (SSSR count). The van der Waals surface area contributed by atoms with Crippen molar-refractivity contribution >= 4 is 11.0 Å². The molecular weight excluding hydrogens is 440 g/mol. The van der Waals surface area contributed by atoms with Gasteiger partial charge in [0.05, 0.1) is 25.7 Å². The predicted molar refractivity (Wildman–Crippen MR) is 145 cm³/mol. The zero-order valence-corrected chi connectivity index (χ0v) is 22.5. The standard InChI is InChI=1S/C30H48O5/c1-4-6-8-10-12-14-16-18-23-33-28-25-21-20-22-26(32-3)27(25)35-30(31)29(28)34-24-19-17-15-13-11-9-7-5-2/h20-22H,4-19,23-24H2,1-3H3. The number of hydrogen-bond acceptors (Lipinski definition) is 5. The number of ether oxygens (including phenoxy) is 3. The number of unbranched alkanes of at least 4 members (excludes halogenated alkanes) is 14. The quantitative estimate of drug-likeness (QED) is 0.130. The van der Waals surface area contributed by atoms with Crippen LogP contribution in [0.15, 0.2) is 27.4 Å². The Morgan fingerprint density at radius 1 is 0.657 bits per heavy atom. The van der Waals surface area contributed by atoms with Crippen LogP contribution in [0.25, 0.3) is 11.0 Å². The minimum Gasteiger partial charge on any atom is -0.493 e. The van der Waals surface area contributed by atoms with E-state index in [1.165, 1.54) is 77.0 Å². The lowest BCUT2D eigenvalue weighted by Crippen LogP contribution is -2.12. The third kappa shape index (κ3) is 10.5. The van der Waals surface area contributed by atoms with Crippen molar-refractivity contribution in [2.45, 2.75) is 117 Å². The van der Waals surface area contributed by atoms with Gasteiger partial charge in [0.2, 0.25) is 5.75 Å². The van der Waals surface area contributed by atoms with Gasteiger partial charge in [0.1, 0.15) is 0 Å². The zero-order chi connectivity index (χ0) is 25.1. The molecule has 0 aliphatic rings. The van der Waals surface area contributed by atoms with Gasteiger partial charge in [-0.2, -0.15) is 0 Å². The topological polar surface area (TPSA) is 57.9 Å². The van der Waals surface area contributed by atoms with Crippen molar-refractivity contribution in [2.24, 2.45) is 0 Å². The molecule has 0 saturated carbocycles. The van der Waals surface area contributed by atoms with Crippen LogP contribution in [0.2, 0.25) is 0 Å². The molecule has 0 N–H and O–H groups in total. The Kier molecular flexibility index (Phi) is 15.1. The first-order chi connectivity index (χ1) is 17.2. The molecule has 0 spiro atoms. The number of methoxy groups -OCH3 is 1. The maximum Gasteiger partial charge on any atom is 0.383 e. The molecule has 0 saturated heterocycles. The van der Waals surface area contributed by atoms with Gasteiger partial charge in [-0.15, -0.1) is 0 Å². The van der Waals surface area contributed by atoms with E-state index in [-0.39, 0.29) is 5.75 Å². The third-order valence-electron chi connectivity index (χ3n) is 6.52. The number of benzene rings is 1. The Labute approximate surface area is 212 Å². The lowest BCUT2D eigenvalue weighted by molar-refractivity contribution is 0.250. The summed E-state index contributed by atoms with van der Waals surface area (Å²) < 4.78 is 23.1. The second kappa shape index (κ2) is 18.1. The summed E-state index contributed by atoms with van der Waals surface area (Å²) in [6, 6.07) is 5.56. The van der Waals surface area contributed by atoms with Crippen molar-refractivity contribution in [1.82, 2.24) is 0 Å². The Balaban J connectivity index is 1.93. The van der Waals surface area contributed by atoms with Crippen molar-refractivity contribution < 1.29 is 18.6 Å². The van der Waals surface area contributed by atoms with Crippen molar-refractivity contribution in [1.29, 1.82) is 0 Å². The van der Waals surface area contributed by atoms with Crippen LogP contribution in [0.3, 0.4) is 0 Å². The first-order valence-electron chi connectivity index (χ1n) is 14.1. The van der Waals surface area contributed by atoms with Gasteiger partial charge in [0.25, 0.3) is 0 Å². The highest BCUT2D eigenvalue weighted by Crippen LogP contribution is 2.37. The van der Waals surface area contributed by atoms with Crippen molar-refractivity contribution in [3.63, 3.8) is 0 Å². The number of hydrogen-bond donors (Lipinski definition) is 0. The van der Waals surface area contributed by atoms with Gasteiger partial charge in [0.15, 0.2) is 17.1 Å². The van der Waals surface area contributed by atoms with E-state index in [1.54, 1.807) is 13.2 Å². The molecule has 1 aromatic heterocycles. The smallest absolute Gasteiger partial charge is 0.383 e. The molecule has 2 aromatic rings. The molecule has 198 valence electrons. The van der Waals surface area contributed by atoms with Crippen LogP contribution in [0.4, 0.5) is 0 Å². The number of fused-ring (bicyclic) bond motifs is 1. The van der Waals surface area contributed by atoms with Crippen LogP contribution in [0, 0.1) is 0 Å². The highest BCUT2D eigenvalue weighted by Gasteiger charge is 2.20. The highest BCUT2D eigenvalue weighted by atomic mass is 16.5. The van der Waals surface area contributed by atoms with Crippen LogP contribution < -0.4 is 19.8 Å². The summed E-state index contributed by atoms with van der Waals surface area (Å²) in [5, 5.41) is 0.717. The maximum absolute atomic E-state index is 12.8. The van der Waals surface area contributed by atoms with E-state index in [9.17, 15) is 4.79 Å². The minimum absolute atomic E-state index is 0.188. The molecule has 1 aromatic carbocycles.